The van der Waals surface area contributed by atoms with Gasteiger partial charge in [0.2, 0.25) is 0 Å². The zero-order valence-electron chi connectivity index (χ0n) is 10.1. The zero-order chi connectivity index (χ0) is 11.1. The van der Waals surface area contributed by atoms with Crippen molar-refractivity contribution >= 4 is 0 Å². The van der Waals surface area contributed by atoms with Gasteiger partial charge in [-0.15, -0.1) is 0 Å². The van der Waals surface area contributed by atoms with Gasteiger partial charge < -0.3 is 19.7 Å². The number of nitrogens with one attached hydrogen (secondary N) is 1. The van der Waals surface area contributed by atoms with Crippen molar-refractivity contribution < 1.29 is 9.47 Å². The number of hydrogen-bond acceptors (Lipinski definition) is 4. The Morgan fingerprint density at radius 1 is 1.19 bits per heavy atom. The van der Waals surface area contributed by atoms with Crippen LogP contribution >= 0.6 is 0 Å². The summed E-state index contributed by atoms with van der Waals surface area (Å²) in [6, 6.07) is 0. The number of rotatable bonds is 5. The van der Waals surface area contributed by atoms with Crippen molar-refractivity contribution in [2.45, 2.75) is 31.8 Å². The highest BCUT2D eigenvalue weighted by Gasteiger charge is 2.13. The van der Waals surface area contributed by atoms with E-state index in [4.69, 9.17) is 9.47 Å². The molecule has 0 saturated carbocycles. The molecule has 2 saturated heterocycles. The van der Waals surface area contributed by atoms with Crippen LogP contribution in [0, 0.1) is 0 Å². The van der Waals surface area contributed by atoms with Crippen molar-refractivity contribution in [1.29, 1.82) is 0 Å². The molecule has 0 aromatic carbocycles. The Hall–Kier alpha value is -0.160. The first kappa shape index (κ1) is 12.3. The third kappa shape index (κ3) is 4.37. The molecular weight excluding hydrogens is 204 g/mol. The predicted octanol–water partition coefficient (Wildman–Crippen LogP) is 0.825. The van der Waals surface area contributed by atoms with Crippen molar-refractivity contribution in [3.63, 3.8) is 0 Å². The van der Waals surface area contributed by atoms with E-state index in [9.17, 15) is 0 Å². The highest BCUT2D eigenvalue weighted by atomic mass is 16.7. The summed E-state index contributed by atoms with van der Waals surface area (Å²) in [6.45, 7) is 7.13. The molecule has 0 spiro atoms. The highest BCUT2D eigenvalue weighted by molar-refractivity contribution is 4.67. The van der Waals surface area contributed by atoms with Gasteiger partial charge in [0, 0.05) is 19.6 Å². The first-order valence-corrected chi connectivity index (χ1v) is 6.57. The molecule has 2 aliphatic rings. The molecule has 0 amide bonds. The Kier molecular flexibility index (Phi) is 5.55. The Bertz CT molecular complexity index is 158. The van der Waals surface area contributed by atoms with Crippen molar-refractivity contribution in [1.82, 2.24) is 10.2 Å². The fourth-order valence-corrected chi connectivity index (χ4v) is 2.35. The molecule has 2 rings (SSSR count). The molecule has 1 N–H and O–H groups in total. The fourth-order valence-electron chi connectivity index (χ4n) is 2.35. The Morgan fingerprint density at radius 2 is 2.06 bits per heavy atom. The minimum Gasteiger partial charge on any atom is -0.355 e. The van der Waals surface area contributed by atoms with Gasteiger partial charge in [-0.05, 0) is 32.4 Å². The van der Waals surface area contributed by atoms with Gasteiger partial charge in [-0.1, -0.05) is 6.42 Å². The maximum atomic E-state index is 5.47. The third-order valence-electron chi connectivity index (χ3n) is 3.40. The van der Waals surface area contributed by atoms with Crippen molar-refractivity contribution in [2.24, 2.45) is 0 Å². The number of nitrogens with zero attached hydrogens (tertiary/aromatic N) is 1. The van der Waals surface area contributed by atoms with Gasteiger partial charge in [-0.2, -0.15) is 0 Å². The lowest BCUT2D eigenvalue weighted by Crippen LogP contribution is -2.39. The lowest BCUT2D eigenvalue weighted by atomic mass is 10.1. The minimum absolute atomic E-state index is 0.357. The first-order valence-electron chi connectivity index (χ1n) is 6.57. The first-order chi connectivity index (χ1) is 7.95. The fraction of sp³-hybridized carbons (Fsp3) is 1.00. The van der Waals surface area contributed by atoms with Gasteiger partial charge in [-0.25, -0.2) is 0 Å². The quantitative estimate of drug-likeness (QED) is 0.707. The smallest absolute Gasteiger partial charge is 0.147 e. The van der Waals surface area contributed by atoms with Crippen LogP contribution < -0.4 is 5.32 Å². The van der Waals surface area contributed by atoms with Crippen LogP contribution in [0.5, 0.6) is 0 Å². The minimum atomic E-state index is 0.357. The normalized spacial score (nSPS) is 28.1. The van der Waals surface area contributed by atoms with Crippen LogP contribution in [0.2, 0.25) is 0 Å². The number of piperidine rings is 1. The third-order valence-corrected chi connectivity index (χ3v) is 3.40. The van der Waals surface area contributed by atoms with Crippen molar-refractivity contribution in [3.05, 3.63) is 0 Å². The molecular formula is C12H24N2O2. The van der Waals surface area contributed by atoms with E-state index in [0.29, 0.717) is 12.9 Å². The van der Waals surface area contributed by atoms with Crippen LogP contribution in [-0.4, -0.2) is 57.1 Å². The average Bonchev–Trinajstić information content (AvgIpc) is 2.37. The summed E-state index contributed by atoms with van der Waals surface area (Å²) in [5.74, 6) is 0. The van der Waals surface area contributed by atoms with Crippen LogP contribution in [0.25, 0.3) is 0 Å². The molecule has 1 atom stereocenters. The van der Waals surface area contributed by atoms with Crippen LogP contribution in [-0.2, 0) is 9.47 Å². The molecule has 2 heterocycles. The summed E-state index contributed by atoms with van der Waals surface area (Å²) < 4.78 is 10.6. The lowest BCUT2D eigenvalue weighted by Gasteiger charge is -2.27. The molecule has 0 bridgehead atoms. The second kappa shape index (κ2) is 7.22. The lowest BCUT2D eigenvalue weighted by molar-refractivity contribution is -0.137. The highest BCUT2D eigenvalue weighted by Crippen LogP contribution is 2.07. The maximum Gasteiger partial charge on any atom is 0.147 e. The second-order valence-electron chi connectivity index (χ2n) is 4.71. The second-order valence-corrected chi connectivity index (χ2v) is 4.71. The number of ether oxygens (including phenoxy) is 2. The summed E-state index contributed by atoms with van der Waals surface area (Å²) in [5.41, 5.74) is 0. The molecule has 0 aromatic heterocycles. The summed E-state index contributed by atoms with van der Waals surface area (Å²) in [7, 11) is 0. The van der Waals surface area contributed by atoms with Gasteiger partial charge in [-0.3, -0.25) is 0 Å². The van der Waals surface area contributed by atoms with Crippen LogP contribution in [0.4, 0.5) is 0 Å². The summed E-state index contributed by atoms with van der Waals surface area (Å²) in [4.78, 5) is 2.56. The van der Waals surface area contributed by atoms with Crippen LogP contribution in [0.3, 0.4) is 0 Å². The van der Waals surface area contributed by atoms with Gasteiger partial charge >= 0.3 is 0 Å². The maximum absolute atomic E-state index is 5.47. The van der Waals surface area contributed by atoms with Crippen LogP contribution in [0.1, 0.15) is 25.7 Å². The van der Waals surface area contributed by atoms with Crippen molar-refractivity contribution in [2.75, 3.05) is 46.1 Å². The molecule has 94 valence electrons. The molecule has 0 radical (unpaired) electrons. The summed E-state index contributed by atoms with van der Waals surface area (Å²) >= 11 is 0. The van der Waals surface area contributed by atoms with E-state index in [1.54, 1.807) is 0 Å². The van der Waals surface area contributed by atoms with E-state index < -0.39 is 0 Å². The molecule has 0 aromatic rings. The van der Waals surface area contributed by atoms with E-state index in [1.807, 2.05) is 0 Å². The summed E-state index contributed by atoms with van der Waals surface area (Å²) in [6.07, 6.45) is 5.55. The largest absolute Gasteiger partial charge is 0.355 e. The van der Waals surface area contributed by atoms with Gasteiger partial charge in [0.1, 0.15) is 6.79 Å². The molecule has 2 fully saturated rings. The van der Waals surface area contributed by atoms with Crippen molar-refractivity contribution in [3.8, 4) is 0 Å². The molecule has 1 unspecified atom stereocenters. The summed E-state index contributed by atoms with van der Waals surface area (Å²) in [5, 5.41) is 3.48. The average molecular weight is 228 g/mol. The van der Waals surface area contributed by atoms with E-state index in [2.05, 4.69) is 10.2 Å². The monoisotopic (exact) mass is 228 g/mol. The van der Waals surface area contributed by atoms with Gasteiger partial charge in [0.05, 0.1) is 12.7 Å². The van der Waals surface area contributed by atoms with E-state index in [0.717, 1.165) is 26.1 Å². The standard InChI is InChI=1S/C12H24N2O2/c1-2-6-14(7-3-1)8-5-13-10-12-4-9-15-11-16-12/h12-13H,1-11H2. The molecule has 16 heavy (non-hydrogen) atoms. The van der Waals surface area contributed by atoms with E-state index in [1.165, 1.54) is 38.9 Å². The Balaban J connectivity index is 1.47. The number of likely N-dealkylation sites (tertiary alicyclic amines) is 1. The predicted molar refractivity (Wildman–Crippen MR) is 63.5 cm³/mol. The Labute approximate surface area is 98.3 Å². The molecule has 0 aliphatic carbocycles. The van der Waals surface area contributed by atoms with E-state index in [-0.39, 0.29) is 0 Å². The van der Waals surface area contributed by atoms with Crippen LogP contribution in [0.15, 0.2) is 0 Å². The molecule has 2 aliphatic heterocycles. The SMILES string of the molecule is C1CCN(CCNCC2CCOCO2)CC1. The number of hydrogen-bond donors (Lipinski definition) is 1. The molecule has 4 nitrogen and oxygen atoms in total. The molecule has 4 heteroatoms. The van der Waals surface area contributed by atoms with Gasteiger partial charge in [0.25, 0.3) is 0 Å². The zero-order valence-corrected chi connectivity index (χ0v) is 10.1. The Morgan fingerprint density at radius 3 is 2.81 bits per heavy atom. The van der Waals surface area contributed by atoms with E-state index >= 15 is 0 Å². The van der Waals surface area contributed by atoms with Gasteiger partial charge in [0.15, 0.2) is 0 Å². The topological polar surface area (TPSA) is 33.7 Å².